The monoisotopic (exact) mass is 268 g/mol. The van der Waals surface area contributed by atoms with Crippen LogP contribution in [0.1, 0.15) is 66.7 Å². The lowest BCUT2D eigenvalue weighted by Gasteiger charge is -2.46. The Morgan fingerprint density at radius 3 is 2.37 bits per heavy atom. The van der Waals surface area contributed by atoms with Gasteiger partial charge >= 0.3 is 0 Å². The van der Waals surface area contributed by atoms with Gasteiger partial charge in [-0.3, -0.25) is 0 Å². The molecule has 0 aliphatic heterocycles. The van der Waals surface area contributed by atoms with Crippen molar-refractivity contribution in [3.8, 4) is 0 Å². The standard InChI is InChI=1S/C17H36N2/c1-7-12-18-15-11-10-14(17(4,5)8-2)13-16(15)19(6)9-3/h14-16,18H,7-13H2,1-6H3. The highest BCUT2D eigenvalue weighted by Crippen LogP contribution is 2.41. The molecular formula is C17H36N2. The van der Waals surface area contributed by atoms with Gasteiger partial charge in [0.2, 0.25) is 0 Å². The van der Waals surface area contributed by atoms with Gasteiger partial charge in [-0.2, -0.15) is 0 Å². The first-order valence-corrected chi connectivity index (χ1v) is 8.39. The molecule has 3 atom stereocenters. The maximum Gasteiger partial charge on any atom is 0.0249 e. The van der Waals surface area contributed by atoms with Crippen LogP contribution in [0.2, 0.25) is 0 Å². The van der Waals surface area contributed by atoms with Crippen LogP contribution >= 0.6 is 0 Å². The average Bonchev–Trinajstić information content (AvgIpc) is 2.43. The third-order valence-corrected chi connectivity index (χ3v) is 5.55. The molecular weight excluding hydrogens is 232 g/mol. The summed E-state index contributed by atoms with van der Waals surface area (Å²) in [5.74, 6) is 0.885. The Balaban J connectivity index is 2.70. The molecule has 0 bridgehead atoms. The second kappa shape index (κ2) is 7.64. The third kappa shape index (κ3) is 4.46. The van der Waals surface area contributed by atoms with Crippen LogP contribution in [0, 0.1) is 11.3 Å². The van der Waals surface area contributed by atoms with E-state index in [1.54, 1.807) is 0 Å². The molecule has 1 rings (SSSR count). The molecule has 1 aliphatic carbocycles. The quantitative estimate of drug-likeness (QED) is 0.753. The van der Waals surface area contributed by atoms with E-state index >= 15 is 0 Å². The first-order valence-electron chi connectivity index (χ1n) is 8.39. The van der Waals surface area contributed by atoms with Crippen molar-refractivity contribution in [1.82, 2.24) is 10.2 Å². The minimum atomic E-state index is 0.503. The highest BCUT2D eigenvalue weighted by atomic mass is 15.2. The summed E-state index contributed by atoms with van der Waals surface area (Å²) in [6.07, 6.45) is 6.65. The lowest BCUT2D eigenvalue weighted by molar-refractivity contribution is 0.0647. The number of rotatable bonds is 7. The maximum absolute atomic E-state index is 3.78. The number of likely N-dealkylation sites (N-methyl/N-ethyl adjacent to an activating group) is 1. The van der Waals surface area contributed by atoms with Crippen molar-refractivity contribution >= 4 is 0 Å². The Labute approximate surface area is 121 Å². The second-order valence-corrected chi connectivity index (χ2v) is 7.05. The molecule has 2 nitrogen and oxygen atoms in total. The van der Waals surface area contributed by atoms with E-state index in [4.69, 9.17) is 0 Å². The predicted octanol–water partition coefficient (Wildman–Crippen LogP) is 3.91. The second-order valence-electron chi connectivity index (χ2n) is 7.05. The van der Waals surface area contributed by atoms with Crippen molar-refractivity contribution in [3.05, 3.63) is 0 Å². The van der Waals surface area contributed by atoms with Crippen molar-refractivity contribution < 1.29 is 0 Å². The van der Waals surface area contributed by atoms with Crippen molar-refractivity contribution in [2.45, 2.75) is 78.8 Å². The fourth-order valence-corrected chi connectivity index (χ4v) is 3.43. The Morgan fingerprint density at radius 2 is 1.84 bits per heavy atom. The van der Waals surface area contributed by atoms with Gasteiger partial charge in [-0.25, -0.2) is 0 Å². The molecule has 0 aromatic carbocycles. The number of hydrogen-bond donors (Lipinski definition) is 1. The largest absolute Gasteiger partial charge is 0.312 e. The van der Waals surface area contributed by atoms with Crippen LogP contribution in [-0.4, -0.2) is 37.1 Å². The molecule has 0 aromatic rings. The highest BCUT2D eigenvalue weighted by molar-refractivity contribution is 4.94. The van der Waals surface area contributed by atoms with E-state index in [0.29, 0.717) is 11.5 Å². The fraction of sp³-hybridized carbons (Fsp3) is 1.00. The molecule has 0 saturated heterocycles. The van der Waals surface area contributed by atoms with E-state index in [0.717, 1.165) is 18.5 Å². The third-order valence-electron chi connectivity index (χ3n) is 5.55. The van der Waals surface area contributed by atoms with Gasteiger partial charge in [-0.05, 0) is 57.2 Å². The molecule has 114 valence electrons. The van der Waals surface area contributed by atoms with Crippen molar-refractivity contribution in [3.63, 3.8) is 0 Å². The number of hydrogen-bond acceptors (Lipinski definition) is 2. The topological polar surface area (TPSA) is 15.3 Å². The van der Waals surface area contributed by atoms with Crippen LogP contribution in [0.5, 0.6) is 0 Å². The Hall–Kier alpha value is -0.0800. The summed E-state index contributed by atoms with van der Waals surface area (Å²) >= 11 is 0. The molecule has 0 aromatic heterocycles. The molecule has 1 N–H and O–H groups in total. The summed E-state index contributed by atoms with van der Waals surface area (Å²) in [5.41, 5.74) is 0.503. The van der Waals surface area contributed by atoms with E-state index in [9.17, 15) is 0 Å². The summed E-state index contributed by atoms with van der Waals surface area (Å²) in [6, 6.07) is 1.43. The molecule has 1 fully saturated rings. The van der Waals surface area contributed by atoms with Crippen LogP contribution in [-0.2, 0) is 0 Å². The first kappa shape index (κ1) is 17.0. The summed E-state index contributed by atoms with van der Waals surface area (Å²) in [6.45, 7) is 14.1. The molecule has 3 unspecified atom stereocenters. The van der Waals surface area contributed by atoms with Gasteiger partial charge in [-0.1, -0.05) is 41.0 Å². The van der Waals surface area contributed by atoms with Crippen molar-refractivity contribution in [1.29, 1.82) is 0 Å². The summed E-state index contributed by atoms with van der Waals surface area (Å²) in [4.78, 5) is 2.56. The van der Waals surface area contributed by atoms with Gasteiger partial charge < -0.3 is 10.2 Å². The number of nitrogens with one attached hydrogen (secondary N) is 1. The van der Waals surface area contributed by atoms with E-state index in [1.165, 1.54) is 38.6 Å². The zero-order chi connectivity index (χ0) is 14.5. The summed E-state index contributed by atoms with van der Waals surface area (Å²) in [5, 5.41) is 3.78. The fourth-order valence-electron chi connectivity index (χ4n) is 3.43. The predicted molar refractivity (Wildman–Crippen MR) is 85.6 cm³/mol. The lowest BCUT2D eigenvalue weighted by atomic mass is 9.67. The van der Waals surface area contributed by atoms with Gasteiger partial charge in [0, 0.05) is 12.1 Å². The van der Waals surface area contributed by atoms with Crippen molar-refractivity contribution in [2.75, 3.05) is 20.1 Å². The molecule has 2 heteroatoms. The van der Waals surface area contributed by atoms with Crippen LogP contribution in [0.3, 0.4) is 0 Å². The smallest absolute Gasteiger partial charge is 0.0249 e. The van der Waals surface area contributed by atoms with E-state index < -0.39 is 0 Å². The van der Waals surface area contributed by atoms with Crippen molar-refractivity contribution in [2.24, 2.45) is 11.3 Å². The van der Waals surface area contributed by atoms with Gasteiger partial charge in [-0.15, -0.1) is 0 Å². The first-order chi connectivity index (χ1) is 8.96. The highest BCUT2D eigenvalue weighted by Gasteiger charge is 2.38. The van der Waals surface area contributed by atoms with Gasteiger partial charge in [0.15, 0.2) is 0 Å². The molecule has 0 amide bonds. The summed E-state index contributed by atoms with van der Waals surface area (Å²) < 4.78 is 0. The van der Waals surface area contributed by atoms with E-state index in [2.05, 4.69) is 51.9 Å². The van der Waals surface area contributed by atoms with Crippen LogP contribution in [0.15, 0.2) is 0 Å². The average molecular weight is 268 g/mol. The minimum Gasteiger partial charge on any atom is -0.312 e. The molecule has 1 aliphatic rings. The normalized spacial score (nSPS) is 28.9. The molecule has 0 heterocycles. The van der Waals surface area contributed by atoms with Crippen LogP contribution in [0.4, 0.5) is 0 Å². The minimum absolute atomic E-state index is 0.503. The van der Waals surface area contributed by atoms with Gasteiger partial charge in [0.05, 0.1) is 0 Å². The van der Waals surface area contributed by atoms with E-state index in [1.807, 2.05) is 0 Å². The molecule has 0 radical (unpaired) electrons. The zero-order valence-electron chi connectivity index (χ0n) is 14.1. The number of nitrogens with zero attached hydrogens (tertiary/aromatic N) is 1. The summed E-state index contributed by atoms with van der Waals surface area (Å²) in [7, 11) is 2.30. The Bertz CT molecular complexity index is 250. The molecule has 19 heavy (non-hydrogen) atoms. The zero-order valence-corrected chi connectivity index (χ0v) is 14.1. The van der Waals surface area contributed by atoms with Gasteiger partial charge in [0.25, 0.3) is 0 Å². The molecule has 1 saturated carbocycles. The maximum atomic E-state index is 3.78. The van der Waals surface area contributed by atoms with E-state index in [-0.39, 0.29) is 0 Å². The Kier molecular flexibility index (Phi) is 6.82. The van der Waals surface area contributed by atoms with Gasteiger partial charge in [0.1, 0.15) is 0 Å². The molecule has 0 spiro atoms. The Morgan fingerprint density at radius 1 is 1.16 bits per heavy atom. The van der Waals surface area contributed by atoms with Crippen LogP contribution in [0.25, 0.3) is 0 Å². The lowest BCUT2D eigenvalue weighted by Crippen LogP contribution is -2.53. The van der Waals surface area contributed by atoms with Crippen LogP contribution < -0.4 is 5.32 Å². The SMILES string of the molecule is CCCNC1CCC(C(C)(C)CC)CC1N(C)CC.